The lowest BCUT2D eigenvalue weighted by molar-refractivity contribution is 0.0697. The molecule has 0 bridgehead atoms. The first-order chi connectivity index (χ1) is 13.1. The molecule has 4 rings (SSSR count). The van der Waals surface area contributed by atoms with Crippen molar-refractivity contribution in [2.45, 2.75) is 32.2 Å². The quantitative estimate of drug-likeness (QED) is 0.704. The van der Waals surface area contributed by atoms with Crippen LogP contribution in [-0.4, -0.2) is 53.2 Å². The minimum atomic E-state index is -0.00999. The SMILES string of the molecule is Cc1cccc(C(=O)N2CCC[C@@H](c3nnc(Cn4ccnc4)n3C)C2)n1. The van der Waals surface area contributed by atoms with Crippen LogP contribution in [0.25, 0.3) is 0 Å². The molecule has 0 aromatic carbocycles. The van der Waals surface area contributed by atoms with Gasteiger partial charge in [-0.2, -0.15) is 0 Å². The van der Waals surface area contributed by atoms with Crippen molar-refractivity contribution in [3.63, 3.8) is 0 Å². The lowest BCUT2D eigenvalue weighted by Gasteiger charge is -2.32. The molecular formula is C19H23N7O. The van der Waals surface area contributed by atoms with Gasteiger partial charge in [-0.15, -0.1) is 10.2 Å². The van der Waals surface area contributed by atoms with Crippen LogP contribution in [0.5, 0.6) is 0 Å². The maximum Gasteiger partial charge on any atom is 0.272 e. The van der Waals surface area contributed by atoms with Gasteiger partial charge in [0, 0.05) is 44.1 Å². The van der Waals surface area contributed by atoms with Crippen molar-refractivity contribution in [1.29, 1.82) is 0 Å². The fraction of sp³-hybridized carbons (Fsp3) is 0.421. The third-order valence-corrected chi connectivity index (χ3v) is 5.06. The second kappa shape index (κ2) is 7.30. The number of carbonyl (C=O) groups is 1. The number of pyridine rings is 1. The van der Waals surface area contributed by atoms with Crippen molar-refractivity contribution in [3.05, 3.63) is 60.0 Å². The Morgan fingerprint density at radius 3 is 2.96 bits per heavy atom. The highest BCUT2D eigenvalue weighted by Gasteiger charge is 2.29. The first-order valence-corrected chi connectivity index (χ1v) is 9.18. The molecule has 1 atom stereocenters. The number of hydrogen-bond acceptors (Lipinski definition) is 5. The molecule has 4 heterocycles. The van der Waals surface area contributed by atoms with Crippen molar-refractivity contribution >= 4 is 5.91 Å². The molecule has 0 radical (unpaired) electrons. The predicted molar refractivity (Wildman–Crippen MR) is 99.2 cm³/mol. The number of rotatable bonds is 4. The molecule has 0 unspecified atom stereocenters. The van der Waals surface area contributed by atoms with Gasteiger partial charge in [0.2, 0.25) is 0 Å². The van der Waals surface area contributed by atoms with E-state index < -0.39 is 0 Å². The number of piperidine rings is 1. The molecule has 1 aliphatic rings. The van der Waals surface area contributed by atoms with Crippen molar-refractivity contribution in [2.75, 3.05) is 13.1 Å². The van der Waals surface area contributed by atoms with E-state index in [1.807, 2.05) is 46.3 Å². The van der Waals surface area contributed by atoms with Crippen LogP contribution in [0.4, 0.5) is 0 Å². The summed E-state index contributed by atoms with van der Waals surface area (Å²) in [6, 6.07) is 5.56. The number of aromatic nitrogens is 6. The van der Waals surface area contributed by atoms with Gasteiger partial charge in [0.05, 0.1) is 12.9 Å². The number of aryl methyl sites for hydroxylation is 1. The van der Waals surface area contributed by atoms with Crippen LogP contribution in [0, 0.1) is 6.92 Å². The summed E-state index contributed by atoms with van der Waals surface area (Å²) in [4.78, 5) is 23.2. The average molecular weight is 365 g/mol. The van der Waals surface area contributed by atoms with E-state index in [1.54, 1.807) is 18.6 Å². The highest BCUT2D eigenvalue weighted by Crippen LogP contribution is 2.26. The molecule has 1 aliphatic heterocycles. The molecule has 1 saturated heterocycles. The van der Waals surface area contributed by atoms with Crippen molar-refractivity contribution < 1.29 is 4.79 Å². The maximum absolute atomic E-state index is 12.8. The number of likely N-dealkylation sites (tertiary alicyclic amines) is 1. The summed E-state index contributed by atoms with van der Waals surface area (Å²) in [7, 11) is 1.99. The fourth-order valence-corrected chi connectivity index (χ4v) is 3.61. The van der Waals surface area contributed by atoms with Gasteiger partial charge in [-0.3, -0.25) is 4.79 Å². The summed E-state index contributed by atoms with van der Waals surface area (Å²) in [6.07, 6.45) is 7.38. The Hall–Kier alpha value is -3.03. The summed E-state index contributed by atoms with van der Waals surface area (Å²) in [5.41, 5.74) is 1.36. The summed E-state index contributed by atoms with van der Waals surface area (Å²) in [6.45, 7) is 3.93. The van der Waals surface area contributed by atoms with Crippen LogP contribution in [0.1, 0.15) is 46.6 Å². The number of hydrogen-bond donors (Lipinski definition) is 0. The molecule has 140 valence electrons. The lowest BCUT2D eigenvalue weighted by Crippen LogP contribution is -2.40. The Labute approximate surface area is 157 Å². The van der Waals surface area contributed by atoms with Gasteiger partial charge in [-0.25, -0.2) is 9.97 Å². The summed E-state index contributed by atoms with van der Waals surface area (Å²) in [5.74, 6) is 1.98. The highest BCUT2D eigenvalue weighted by atomic mass is 16.2. The van der Waals surface area contributed by atoms with Gasteiger partial charge in [0.25, 0.3) is 5.91 Å². The number of carbonyl (C=O) groups excluding carboxylic acids is 1. The van der Waals surface area contributed by atoms with E-state index in [4.69, 9.17) is 0 Å². The van der Waals surface area contributed by atoms with Crippen LogP contribution in [0.15, 0.2) is 36.9 Å². The molecule has 1 amide bonds. The molecule has 8 heteroatoms. The number of amides is 1. The largest absolute Gasteiger partial charge is 0.337 e. The normalized spacial score (nSPS) is 17.3. The first kappa shape index (κ1) is 17.4. The van der Waals surface area contributed by atoms with Crippen molar-refractivity contribution in [2.24, 2.45) is 7.05 Å². The minimum absolute atomic E-state index is 0.00999. The Balaban J connectivity index is 1.50. The Morgan fingerprint density at radius 2 is 2.19 bits per heavy atom. The zero-order valence-electron chi connectivity index (χ0n) is 15.6. The minimum Gasteiger partial charge on any atom is -0.337 e. The lowest BCUT2D eigenvalue weighted by atomic mass is 9.97. The van der Waals surface area contributed by atoms with Gasteiger partial charge >= 0.3 is 0 Å². The molecule has 0 N–H and O–H groups in total. The zero-order chi connectivity index (χ0) is 18.8. The molecule has 1 fully saturated rings. The van der Waals surface area contributed by atoms with E-state index >= 15 is 0 Å². The van der Waals surface area contributed by atoms with E-state index in [1.165, 1.54) is 0 Å². The van der Waals surface area contributed by atoms with Gasteiger partial charge in [-0.05, 0) is 31.9 Å². The van der Waals surface area contributed by atoms with E-state index in [0.29, 0.717) is 18.8 Å². The van der Waals surface area contributed by atoms with Gasteiger partial charge in [0.1, 0.15) is 11.5 Å². The van der Waals surface area contributed by atoms with Gasteiger partial charge in [-0.1, -0.05) is 6.07 Å². The Kier molecular flexibility index (Phi) is 4.70. The Morgan fingerprint density at radius 1 is 1.30 bits per heavy atom. The molecule has 3 aromatic heterocycles. The standard InChI is InChI=1S/C19H23N7O/c1-14-5-3-7-16(21-14)19(27)26-9-4-6-15(11-26)18-23-22-17(24(18)2)12-25-10-8-20-13-25/h3,5,7-8,10,13,15H,4,6,9,11-12H2,1-2H3/t15-/m1/s1. The molecule has 8 nitrogen and oxygen atoms in total. The first-order valence-electron chi connectivity index (χ1n) is 9.18. The highest BCUT2D eigenvalue weighted by molar-refractivity contribution is 5.92. The average Bonchev–Trinajstić information content (AvgIpc) is 3.32. The molecule has 27 heavy (non-hydrogen) atoms. The molecular weight excluding hydrogens is 342 g/mol. The van der Waals surface area contributed by atoms with E-state index in [2.05, 4.69) is 20.2 Å². The number of imidazole rings is 1. The molecule has 0 saturated carbocycles. The summed E-state index contributed by atoms with van der Waals surface area (Å²) >= 11 is 0. The van der Waals surface area contributed by atoms with Crippen LogP contribution in [-0.2, 0) is 13.6 Å². The zero-order valence-corrected chi connectivity index (χ0v) is 15.6. The second-order valence-electron chi connectivity index (χ2n) is 7.02. The predicted octanol–water partition coefficient (Wildman–Crippen LogP) is 1.78. The Bertz CT molecular complexity index is 931. The molecule has 0 aliphatic carbocycles. The second-order valence-corrected chi connectivity index (χ2v) is 7.02. The molecule has 3 aromatic rings. The third-order valence-electron chi connectivity index (χ3n) is 5.06. The fourth-order valence-electron chi connectivity index (χ4n) is 3.61. The third kappa shape index (κ3) is 3.60. The van der Waals surface area contributed by atoms with Gasteiger partial charge in [0.15, 0.2) is 5.82 Å². The van der Waals surface area contributed by atoms with E-state index in [-0.39, 0.29) is 11.8 Å². The van der Waals surface area contributed by atoms with Crippen LogP contribution >= 0.6 is 0 Å². The monoisotopic (exact) mass is 365 g/mol. The number of nitrogens with zero attached hydrogens (tertiary/aromatic N) is 7. The van der Waals surface area contributed by atoms with Gasteiger partial charge < -0.3 is 14.0 Å². The summed E-state index contributed by atoms with van der Waals surface area (Å²) < 4.78 is 4.01. The maximum atomic E-state index is 12.8. The van der Waals surface area contributed by atoms with Crippen molar-refractivity contribution in [1.82, 2.24) is 34.2 Å². The van der Waals surface area contributed by atoms with Crippen molar-refractivity contribution in [3.8, 4) is 0 Å². The smallest absolute Gasteiger partial charge is 0.272 e. The topological polar surface area (TPSA) is 81.7 Å². The van der Waals surface area contributed by atoms with E-state index in [9.17, 15) is 4.79 Å². The van der Waals surface area contributed by atoms with Crippen LogP contribution in [0.3, 0.4) is 0 Å². The summed E-state index contributed by atoms with van der Waals surface area (Å²) in [5, 5.41) is 8.78. The van der Waals surface area contributed by atoms with Crippen LogP contribution in [0.2, 0.25) is 0 Å². The molecule has 0 spiro atoms. The van der Waals surface area contributed by atoms with E-state index in [0.717, 1.165) is 36.7 Å². The van der Waals surface area contributed by atoms with Crippen LogP contribution < -0.4 is 0 Å².